The van der Waals surface area contributed by atoms with Crippen LogP contribution in [0.3, 0.4) is 0 Å². The lowest BCUT2D eigenvalue weighted by molar-refractivity contribution is -0.140. The fourth-order valence-electron chi connectivity index (χ4n) is 8.82. The number of aromatic nitrogens is 2. The van der Waals surface area contributed by atoms with E-state index in [-0.39, 0.29) is 37.2 Å². The monoisotopic (exact) mass is 890 g/mol. The molecule has 4 N–H and O–H groups in total. The minimum atomic E-state index is -4.02. The van der Waals surface area contributed by atoms with Crippen molar-refractivity contribution >= 4 is 64.0 Å². The fourth-order valence-corrected chi connectivity index (χ4v) is 13.2. The van der Waals surface area contributed by atoms with E-state index in [0.717, 1.165) is 55.0 Å². The number of hydrogen-bond donors (Lipinski definition) is 4. The third kappa shape index (κ3) is 9.77. The van der Waals surface area contributed by atoms with Crippen molar-refractivity contribution < 1.29 is 38.1 Å². The van der Waals surface area contributed by atoms with Gasteiger partial charge in [0.05, 0.1) is 31.0 Å². The van der Waals surface area contributed by atoms with Crippen LogP contribution in [0.4, 0.5) is 9.93 Å². The van der Waals surface area contributed by atoms with Crippen LogP contribution in [0.5, 0.6) is 11.5 Å². The average Bonchev–Trinajstić information content (AvgIpc) is 3.86. The molecule has 61 heavy (non-hydrogen) atoms. The molecular formula is C44H55N6O8PS2. The van der Waals surface area contributed by atoms with Crippen molar-refractivity contribution in [2.75, 3.05) is 19.0 Å². The molecule has 8 rings (SSSR count). The summed E-state index contributed by atoms with van der Waals surface area (Å²) < 4.78 is 32.5. The first-order chi connectivity index (χ1) is 29.4. The van der Waals surface area contributed by atoms with Crippen LogP contribution in [-0.2, 0) is 25.1 Å². The number of fused-ring (bicyclic) bond motifs is 3. The van der Waals surface area contributed by atoms with Gasteiger partial charge < -0.3 is 40.0 Å². The lowest BCUT2D eigenvalue weighted by Crippen LogP contribution is -2.55. The van der Waals surface area contributed by atoms with Crippen molar-refractivity contribution in [2.45, 2.75) is 126 Å². The zero-order chi connectivity index (χ0) is 42.7. The molecule has 1 saturated heterocycles. The molecule has 0 radical (unpaired) electrons. The summed E-state index contributed by atoms with van der Waals surface area (Å²) in [4.78, 5) is 66.7. The highest BCUT2D eigenvalue weighted by molar-refractivity contribution is 7.59. The summed E-state index contributed by atoms with van der Waals surface area (Å²) in [6.07, 6.45) is 9.80. The van der Waals surface area contributed by atoms with Crippen LogP contribution in [0.2, 0.25) is 0 Å². The van der Waals surface area contributed by atoms with Crippen molar-refractivity contribution in [1.82, 2.24) is 25.5 Å². The van der Waals surface area contributed by atoms with Gasteiger partial charge in [-0.1, -0.05) is 31.1 Å². The number of benzene rings is 1. The van der Waals surface area contributed by atoms with Gasteiger partial charge in [0.2, 0.25) is 19.2 Å². The lowest BCUT2D eigenvalue weighted by Gasteiger charge is -2.31. The van der Waals surface area contributed by atoms with E-state index in [0.29, 0.717) is 53.1 Å². The number of thiophene rings is 1. The Morgan fingerprint density at radius 3 is 2.64 bits per heavy atom. The molecule has 2 aliphatic heterocycles. The molecule has 3 fully saturated rings. The van der Waals surface area contributed by atoms with E-state index in [4.69, 9.17) is 24.2 Å². The summed E-state index contributed by atoms with van der Waals surface area (Å²) in [5, 5.41) is 13.2. The Labute approximate surface area is 364 Å². The van der Waals surface area contributed by atoms with Gasteiger partial charge in [-0.15, -0.1) is 22.7 Å². The molecule has 4 aliphatic rings. The Morgan fingerprint density at radius 1 is 1.05 bits per heavy atom. The number of amides is 3. The number of pyridine rings is 1. The first kappa shape index (κ1) is 43.2. The molecule has 2 saturated carbocycles. The first-order valence-corrected chi connectivity index (χ1v) is 25.0. The van der Waals surface area contributed by atoms with E-state index in [1.54, 1.807) is 7.11 Å². The second-order valence-corrected chi connectivity index (χ2v) is 21.4. The molecule has 0 spiro atoms. The van der Waals surface area contributed by atoms with Gasteiger partial charge in [-0.3, -0.25) is 14.2 Å². The van der Waals surface area contributed by atoms with Crippen molar-refractivity contribution in [3.8, 4) is 22.9 Å². The quantitative estimate of drug-likeness (QED) is 0.0838. The van der Waals surface area contributed by atoms with E-state index >= 15 is 0 Å². The zero-order valence-corrected chi connectivity index (χ0v) is 37.4. The Kier molecular flexibility index (Phi) is 13.1. The normalized spacial score (nSPS) is 26.3. The van der Waals surface area contributed by atoms with Gasteiger partial charge in [0, 0.05) is 46.2 Å². The second-order valence-electron chi connectivity index (χ2n) is 16.9. The van der Waals surface area contributed by atoms with Crippen LogP contribution in [-0.4, -0.2) is 86.9 Å². The molecule has 2 unspecified atom stereocenters. The Balaban J connectivity index is 1.13. The van der Waals surface area contributed by atoms with Crippen molar-refractivity contribution in [3.05, 3.63) is 64.2 Å². The standard InChI is InChI=1S/C44H55N6O8PS2/c1-27(2)45-42-47-37(26-61-42)36-22-39(33-18-17-30(56-3)20-35(33)46-36)57-31-21-38-40(51)49-44(59(54,55)25-32-15-11-19-60-32)23-28(44)12-7-5-4-6-8-16-34(41(52)50(38)24-31)48-43(53)58-29-13-9-10-14-29/h7,11-12,15,17-20,22,26-29,31,34,38H,4-6,8-10,13-14,16,21,23-25H2,1-3H3,(H,45,47)(H,48,53)(H,49,51)(H,54,55)/b12-7-/t28-,31?,34+,38+,44+/m1/s1. The summed E-state index contributed by atoms with van der Waals surface area (Å²) in [5.74, 6) is -0.188. The van der Waals surface area contributed by atoms with Crippen LogP contribution in [0.1, 0.15) is 89.4 Å². The van der Waals surface area contributed by atoms with E-state index in [1.807, 2.05) is 73.2 Å². The molecule has 14 nitrogen and oxygen atoms in total. The highest BCUT2D eigenvalue weighted by atomic mass is 32.1. The van der Waals surface area contributed by atoms with Gasteiger partial charge in [-0.05, 0) is 88.8 Å². The van der Waals surface area contributed by atoms with E-state index < -0.39 is 48.7 Å². The van der Waals surface area contributed by atoms with Gasteiger partial charge in [0.1, 0.15) is 46.8 Å². The lowest BCUT2D eigenvalue weighted by atomic mass is 10.0. The van der Waals surface area contributed by atoms with E-state index in [1.165, 1.54) is 27.6 Å². The first-order valence-electron chi connectivity index (χ1n) is 21.4. The summed E-state index contributed by atoms with van der Waals surface area (Å²) in [5.41, 5.74) is 1.85. The molecule has 17 heteroatoms. The molecule has 2 aliphatic carbocycles. The van der Waals surface area contributed by atoms with Gasteiger partial charge in [0.15, 0.2) is 5.13 Å². The molecule has 326 valence electrons. The number of ether oxygens (including phenoxy) is 3. The predicted molar refractivity (Wildman–Crippen MR) is 237 cm³/mol. The maximum Gasteiger partial charge on any atom is 0.408 e. The number of methoxy groups -OCH3 is 1. The topological polar surface area (TPSA) is 181 Å². The minimum absolute atomic E-state index is 0.0313. The Morgan fingerprint density at radius 2 is 1.87 bits per heavy atom. The molecule has 6 atom stereocenters. The van der Waals surface area contributed by atoms with E-state index in [9.17, 15) is 23.8 Å². The van der Waals surface area contributed by atoms with Crippen LogP contribution < -0.4 is 25.4 Å². The predicted octanol–water partition coefficient (Wildman–Crippen LogP) is 8.46. The van der Waals surface area contributed by atoms with Gasteiger partial charge in [0.25, 0.3) is 0 Å². The summed E-state index contributed by atoms with van der Waals surface area (Å²) in [6, 6.07) is 9.20. The Hall–Kier alpha value is -4.50. The third-order valence-corrected chi connectivity index (χ3v) is 16.6. The molecule has 3 aromatic heterocycles. The molecule has 0 bridgehead atoms. The van der Waals surface area contributed by atoms with Crippen LogP contribution in [0, 0.1) is 5.92 Å². The summed E-state index contributed by atoms with van der Waals surface area (Å²) in [6.45, 7) is 4.12. The zero-order valence-electron chi connectivity index (χ0n) is 34.8. The van der Waals surface area contributed by atoms with Crippen LogP contribution in [0.25, 0.3) is 22.3 Å². The second kappa shape index (κ2) is 18.5. The number of carbonyl (C=O) groups is 3. The van der Waals surface area contributed by atoms with Crippen LogP contribution in [0.15, 0.2) is 59.3 Å². The minimum Gasteiger partial charge on any atom is -0.497 e. The summed E-state index contributed by atoms with van der Waals surface area (Å²) >= 11 is 2.88. The molecule has 4 aromatic rings. The molecular weight excluding hydrogens is 836 g/mol. The highest BCUT2D eigenvalue weighted by Gasteiger charge is 2.66. The van der Waals surface area contributed by atoms with Gasteiger partial charge >= 0.3 is 6.09 Å². The molecule has 5 heterocycles. The number of alkyl carbamates (subject to hydrolysis) is 1. The average molecular weight is 891 g/mol. The number of hydrogen-bond acceptors (Lipinski definition) is 12. The smallest absolute Gasteiger partial charge is 0.408 e. The Bertz CT molecular complexity index is 2300. The SMILES string of the molecule is COc1ccc2c(OC3C[C@H]4C(=O)N[C@]5(P(=O)(O)Cc6cccs6)C[C@H]5/C=C\CCCCC[C@H](NC(=O)OC5CCCC5)C(=O)N4C3)cc(-c3csc(NC(C)C)n3)nc2c1. The number of thiazole rings is 1. The van der Waals surface area contributed by atoms with Crippen LogP contribution >= 0.6 is 30.0 Å². The van der Waals surface area contributed by atoms with Crippen molar-refractivity contribution in [2.24, 2.45) is 5.92 Å². The maximum absolute atomic E-state index is 14.8. The van der Waals surface area contributed by atoms with Crippen molar-refractivity contribution in [1.29, 1.82) is 0 Å². The highest BCUT2D eigenvalue weighted by Crippen LogP contribution is 2.71. The largest absolute Gasteiger partial charge is 0.497 e. The number of carbonyl (C=O) groups excluding carboxylic acids is 3. The number of rotatable bonds is 11. The maximum atomic E-state index is 14.8. The van der Waals surface area contributed by atoms with Gasteiger partial charge in [-0.25, -0.2) is 14.8 Å². The number of nitrogens with zero attached hydrogens (tertiary/aromatic N) is 3. The van der Waals surface area contributed by atoms with Gasteiger partial charge in [-0.2, -0.15) is 0 Å². The van der Waals surface area contributed by atoms with E-state index in [2.05, 4.69) is 16.0 Å². The summed E-state index contributed by atoms with van der Waals surface area (Å²) in [7, 11) is -2.43. The molecule has 3 amide bonds. The number of allylic oxidation sites excluding steroid dienone is 1. The molecule has 1 aromatic carbocycles. The fraction of sp³-hybridized carbons (Fsp3) is 0.523. The number of nitrogens with one attached hydrogen (secondary N) is 3. The third-order valence-electron chi connectivity index (χ3n) is 12.1. The van der Waals surface area contributed by atoms with Crippen molar-refractivity contribution in [3.63, 3.8) is 0 Å². The number of anilines is 1.